The number of nitrogens with one attached hydrogen (secondary N) is 2. The third kappa shape index (κ3) is 8.70. The van der Waals surface area contributed by atoms with Gasteiger partial charge in [0.15, 0.2) is 11.5 Å². The molecule has 3 aromatic rings. The Labute approximate surface area is 263 Å². The predicted molar refractivity (Wildman–Crippen MR) is 168 cm³/mol. The minimum absolute atomic E-state index is 0.0811. The van der Waals surface area contributed by atoms with Crippen molar-refractivity contribution in [1.29, 1.82) is 0 Å². The summed E-state index contributed by atoms with van der Waals surface area (Å²) in [7, 11) is 0. The summed E-state index contributed by atoms with van der Waals surface area (Å²) in [6.45, 7) is 8.84. The number of morpholine rings is 1. The Hall–Kier alpha value is -4.22. The van der Waals surface area contributed by atoms with Gasteiger partial charge in [-0.2, -0.15) is 0 Å². The van der Waals surface area contributed by atoms with E-state index in [0.29, 0.717) is 54.7 Å². The van der Waals surface area contributed by atoms with E-state index in [1.807, 2.05) is 26.0 Å². The van der Waals surface area contributed by atoms with Gasteiger partial charge in [-0.05, 0) is 61.6 Å². The second-order valence-electron chi connectivity index (χ2n) is 12.0. The number of fused-ring (bicyclic) bond motifs is 1. The van der Waals surface area contributed by atoms with E-state index in [1.165, 1.54) is 4.90 Å². The summed E-state index contributed by atoms with van der Waals surface area (Å²) >= 11 is 0. The van der Waals surface area contributed by atoms with E-state index in [9.17, 15) is 19.2 Å². The number of rotatable bonds is 11. The number of carbonyl (C=O) groups is 4. The number of benzene rings is 2. The SMILES string of the molecule is CC(C)CC(NC(=O)c1cc2cc(OCCN3CCOCC3)ccc2o1)C(=O)NC1CCCN(C(=O)c2ccccc2)CC1=O. The molecule has 2 saturated heterocycles. The van der Waals surface area contributed by atoms with Gasteiger partial charge in [0.2, 0.25) is 5.91 Å². The highest BCUT2D eigenvalue weighted by Gasteiger charge is 2.32. The van der Waals surface area contributed by atoms with Crippen LogP contribution in [0.5, 0.6) is 5.75 Å². The van der Waals surface area contributed by atoms with Crippen LogP contribution in [0.3, 0.4) is 0 Å². The number of likely N-dealkylation sites (tertiary alicyclic amines) is 1. The highest BCUT2D eigenvalue weighted by atomic mass is 16.5. The van der Waals surface area contributed by atoms with Crippen LogP contribution in [-0.2, 0) is 14.3 Å². The van der Waals surface area contributed by atoms with Gasteiger partial charge in [0.25, 0.3) is 11.8 Å². The van der Waals surface area contributed by atoms with E-state index in [4.69, 9.17) is 13.9 Å². The molecule has 0 radical (unpaired) electrons. The van der Waals surface area contributed by atoms with Gasteiger partial charge in [-0.25, -0.2) is 0 Å². The van der Waals surface area contributed by atoms with Crippen LogP contribution >= 0.6 is 0 Å². The maximum absolute atomic E-state index is 13.4. The van der Waals surface area contributed by atoms with Crippen molar-refractivity contribution in [3.8, 4) is 5.75 Å². The Kier molecular flexibility index (Phi) is 10.9. The van der Waals surface area contributed by atoms with Gasteiger partial charge in [-0.1, -0.05) is 32.0 Å². The minimum atomic E-state index is -0.872. The molecule has 1 aromatic heterocycles. The third-order valence-electron chi connectivity index (χ3n) is 8.10. The normalized spacial score (nSPS) is 18.4. The number of amides is 3. The minimum Gasteiger partial charge on any atom is -0.492 e. The van der Waals surface area contributed by atoms with Crippen LogP contribution in [0.4, 0.5) is 0 Å². The van der Waals surface area contributed by atoms with Gasteiger partial charge in [-0.3, -0.25) is 24.1 Å². The van der Waals surface area contributed by atoms with Crippen LogP contribution in [0, 0.1) is 5.92 Å². The highest BCUT2D eigenvalue weighted by Crippen LogP contribution is 2.25. The summed E-state index contributed by atoms with van der Waals surface area (Å²) in [5, 5.41) is 6.38. The standard InChI is InChI=1S/C34H42N4O7/c1-23(2)19-28(32(40)35-27-9-6-12-38(22-29(27)39)34(42)24-7-4-3-5-8-24)36-33(41)31-21-25-20-26(10-11-30(25)45-31)44-18-15-37-13-16-43-17-14-37/h3-5,7-8,10-11,20-21,23,27-28H,6,9,12-19,22H2,1-2H3,(H,35,40)(H,36,41). The van der Waals surface area contributed by atoms with E-state index >= 15 is 0 Å². The average molecular weight is 619 g/mol. The van der Waals surface area contributed by atoms with E-state index in [2.05, 4.69) is 15.5 Å². The zero-order valence-electron chi connectivity index (χ0n) is 26.0. The number of ketones is 1. The molecule has 2 atom stereocenters. The lowest BCUT2D eigenvalue weighted by Gasteiger charge is -2.26. The molecule has 0 aliphatic carbocycles. The zero-order valence-corrected chi connectivity index (χ0v) is 26.0. The predicted octanol–water partition coefficient (Wildman–Crippen LogP) is 3.28. The molecule has 2 N–H and O–H groups in total. The van der Waals surface area contributed by atoms with Gasteiger partial charge in [0.1, 0.15) is 24.0 Å². The lowest BCUT2D eigenvalue weighted by molar-refractivity contribution is -0.129. The molecule has 2 fully saturated rings. The van der Waals surface area contributed by atoms with Gasteiger partial charge in [-0.15, -0.1) is 0 Å². The van der Waals surface area contributed by atoms with Gasteiger partial charge >= 0.3 is 0 Å². The van der Waals surface area contributed by atoms with E-state index in [1.54, 1.807) is 42.5 Å². The van der Waals surface area contributed by atoms with Crippen molar-refractivity contribution in [1.82, 2.24) is 20.4 Å². The highest BCUT2D eigenvalue weighted by molar-refractivity contribution is 6.01. The molecule has 2 aliphatic heterocycles. The number of carbonyl (C=O) groups excluding carboxylic acids is 4. The maximum Gasteiger partial charge on any atom is 0.287 e. The first-order chi connectivity index (χ1) is 21.8. The maximum atomic E-state index is 13.4. The van der Waals surface area contributed by atoms with Crippen molar-refractivity contribution >= 4 is 34.5 Å². The molecular formula is C34H42N4O7. The van der Waals surface area contributed by atoms with Crippen molar-refractivity contribution < 1.29 is 33.1 Å². The summed E-state index contributed by atoms with van der Waals surface area (Å²) in [6.07, 6.45) is 1.35. The Morgan fingerprint density at radius 2 is 1.80 bits per heavy atom. The number of hydrogen-bond acceptors (Lipinski definition) is 8. The van der Waals surface area contributed by atoms with Crippen LogP contribution < -0.4 is 15.4 Å². The molecule has 11 heteroatoms. The summed E-state index contributed by atoms with van der Waals surface area (Å²) in [5.74, 6) is -0.551. The van der Waals surface area contributed by atoms with Crippen molar-refractivity contribution in [3.05, 3.63) is 65.9 Å². The first-order valence-electron chi connectivity index (χ1n) is 15.7. The summed E-state index contributed by atoms with van der Waals surface area (Å²) < 4.78 is 17.1. The lowest BCUT2D eigenvalue weighted by atomic mass is 10.0. The number of furan rings is 1. The first kappa shape index (κ1) is 32.2. The van der Waals surface area contributed by atoms with Crippen LogP contribution in [0.1, 0.15) is 54.0 Å². The van der Waals surface area contributed by atoms with Crippen molar-refractivity contribution in [3.63, 3.8) is 0 Å². The fourth-order valence-corrected chi connectivity index (χ4v) is 5.66. The first-order valence-corrected chi connectivity index (χ1v) is 15.7. The number of ether oxygens (including phenoxy) is 2. The lowest BCUT2D eigenvalue weighted by Crippen LogP contribution is -2.52. The van der Waals surface area contributed by atoms with Crippen LogP contribution in [0.2, 0.25) is 0 Å². The van der Waals surface area contributed by atoms with Crippen LogP contribution in [-0.4, -0.2) is 97.9 Å². The van der Waals surface area contributed by atoms with Gasteiger partial charge in [0, 0.05) is 37.1 Å². The van der Waals surface area contributed by atoms with Crippen molar-refractivity contribution in [2.45, 2.75) is 45.2 Å². The van der Waals surface area contributed by atoms with E-state index < -0.39 is 23.9 Å². The second kappa shape index (κ2) is 15.2. The Morgan fingerprint density at radius 1 is 1.02 bits per heavy atom. The van der Waals surface area contributed by atoms with E-state index in [-0.39, 0.29) is 29.9 Å². The fraction of sp³-hybridized carbons (Fsp3) is 0.471. The molecule has 0 saturated carbocycles. The molecule has 2 aliphatic rings. The molecule has 240 valence electrons. The monoisotopic (exact) mass is 618 g/mol. The average Bonchev–Trinajstić information content (AvgIpc) is 3.39. The number of nitrogens with zero attached hydrogens (tertiary/aromatic N) is 2. The summed E-state index contributed by atoms with van der Waals surface area (Å²) in [6, 6.07) is 14.3. The molecule has 0 spiro atoms. The summed E-state index contributed by atoms with van der Waals surface area (Å²) in [5.41, 5.74) is 1.05. The molecule has 3 amide bonds. The van der Waals surface area contributed by atoms with Crippen molar-refractivity contribution in [2.24, 2.45) is 5.92 Å². The second-order valence-corrected chi connectivity index (χ2v) is 12.0. The van der Waals surface area contributed by atoms with E-state index in [0.717, 1.165) is 32.8 Å². The smallest absolute Gasteiger partial charge is 0.287 e. The third-order valence-corrected chi connectivity index (χ3v) is 8.10. The molecule has 3 heterocycles. The molecule has 5 rings (SSSR count). The molecular weight excluding hydrogens is 576 g/mol. The van der Waals surface area contributed by atoms with Crippen LogP contribution in [0.15, 0.2) is 59.0 Å². The molecule has 2 aromatic carbocycles. The van der Waals surface area contributed by atoms with Crippen molar-refractivity contribution in [2.75, 3.05) is 52.5 Å². The molecule has 45 heavy (non-hydrogen) atoms. The Morgan fingerprint density at radius 3 is 2.56 bits per heavy atom. The largest absolute Gasteiger partial charge is 0.492 e. The topological polar surface area (TPSA) is 130 Å². The van der Waals surface area contributed by atoms with Gasteiger partial charge < -0.3 is 29.4 Å². The zero-order chi connectivity index (χ0) is 31.8. The molecule has 11 nitrogen and oxygen atoms in total. The number of Topliss-reactive ketones (excluding diaryl/α,β-unsaturated/α-hetero) is 1. The molecule has 2 unspecified atom stereocenters. The Bertz CT molecular complexity index is 1480. The van der Waals surface area contributed by atoms with Crippen LogP contribution in [0.25, 0.3) is 11.0 Å². The Balaban J connectivity index is 1.18. The summed E-state index contributed by atoms with van der Waals surface area (Å²) in [4.78, 5) is 56.6. The fourth-order valence-electron chi connectivity index (χ4n) is 5.66. The number of hydrogen-bond donors (Lipinski definition) is 2. The van der Waals surface area contributed by atoms with Gasteiger partial charge in [0.05, 0.1) is 25.8 Å². The quantitative estimate of drug-likeness (QED) is 0.335. The molecule has 0 bridgehead atoms.